The fourth-order valence-corrected chi connectivity index (χ4v) is 3.53. The highest BCUT2D eigenvalue weighted by molar-refractivity contribution is 6.31. The molecule has 1 aliphatic rings. The molecule has 0 radical (unpaired) electrons. The van der Waals surface area contributed by atoms with E-state index in [4.69, 9.17) is 16.4 Å². The molecule has 1 fully saturated rings. The molecule has 12 heteroatoms. The first-order valence-corrected chi connectivity index (χ1v) is 10.3. The van der Waals surface area contributed by atoms with Crippen molar-refractivity contribution in [2.75, 3.05) is 31.3 Å². The molecule has 0 aliphatic carbocycles. The molecule has 2 aromatic heterocycles. The summed E-state index contributed by atoms with van der Waals surface area (Å²) in [6, 6.07) is 7.36. The number of hydrogen-bond donors (Lipinski definition) is 0. The Morgan fingerprint density at radius 2 is 1.85 bits per heavy atom. The third-order valence-electron chi connectivity index (χ3n) is 4.86. The Balaban J connectivity index is 1.57. The zero-order valence-corrected chi connectivity index (χ0v) is 18.1. The second-order valence-corrected chi connectivity index (χ2v) is 7.58. The lowest BCUT2D eigenvalue weighted by molar-refractivity contribution is -0.141. The van der Waals surface area contributed by atoms with E-state index in [0.717, 1.165) is 6.07 Å². The summed E-state index contributed by atoms with van der Waals surface area (Å²) in [5.74, 6) is -0.00102. The SMILES string of the molecule is Cc1nc(N2CCN(C(=O)c3cc(Cl)ccc3-c3ncccn3)CCO2)cc(C(F)(F)F)n1. The number of carbonyl (C=O) groups excluding carboxylic acids is 1. The Morgan fingerprint density at radius 3 is 2.58 bits per heavy atom. The molecule has 0 spiro atoms. The van der Waals surface area contributed by atoms with Crippen LogP contribution in [0.3, 0.4) is 0 Å². The number of aryl methyl sites for hydroxylation is 1. The molecule has 33 heavy (non-hydrogen) atoms. The number of alkyl halides is 3. The molecule has 1 amide bonds. The van der Waals surface area contributed by atoms with E-state index in [9.17, 15) is 18.0 Å². The van der Waals surface area contributed by atoms with Crippen LogP contribution in [0.5, 0.6) is 0 Å². The fraction of sp³-hybridized carbons (Fsp3) is 0.286. The number of halogens is 4. The lowest BCUT2D eigenvalue weighted by Gasteiger charge is -2.22. The second-order valence-electron chi connectivity index (χ2n) is 7.15. The monoisotopic (exact) mass is 478 g/mol. The van der Waals surface area contributed by atoms with Gasteiger partial charge in [0.1, 0.15) is 11.5 Å². The van der Waals surface area contributed by atoms with Gasteiger partial charge < -0.3 is 4.90 Å². The summed E-state index contributed by atoms with van der Waals surface area (Å²) in [5.41, 5.74) is -0.218. The van der Waals surface area contributed by atoms with Crippen LogP contribution in [0.1, 0.15) is 21.9 Å². The third kappa shape index (κ3) is 5.20. The van der Waals surface area contributed by atoms with Crippen molar-refractivity contribution in [1.29, 1.82) is 0 Å². The van der Waals surface area contributed by atoms with Crippen molar-refractivity contribution in [3.05, 3.63) is 64.8 Å². The maximum atomic E-state index is 13.3. The van der Waals surface area contributed by atoms with Gasteiger partial charge in [-0.3, -0.25) is 9.63 Å². The van der Waals surface area contributed by atoms with Crippen molar-refractivity contribution < 1.29 is 22.8 Å². The Labute approximate surface area is 192 Å². The molecular formula is C21H18ClF3N6O2. The minimum atomic E-state index is -4.61. The second kappa shape index (κ2) is 9.28. The topological polar surface area (TPSA) is 84.3 Å². The Bertz CT molecular complexity index is 1160. The molecule has 0 unspecified atom stereocenters. The molecule has 0 saturated carbocycles. The van der Waals surface area contributed by atoms with E-state index in [0.29, 0.717) is 22.0 Å². The minimum absolute atomic E-state index is 0.0229. The number of anilines is 1. The largest absolute Gasteiger partial charge is 0.433 e. The van der Waals surface area contributed by atoms with E-state index < -0.39 is 11.9 Å². The first-order chi connectivity index (χ1) is 15.7. The molecule has 0 atom stereocenters. The maximum absolute atomic E-state index is 13.3. The minimum Gasteiger partial charge on any atom is -0.334 e. The van der Waals surface area contributed by atoms with Gasteiger partial charge in [0.25, 0.3) is 5.91 Å². The summed E-state index contributed by atoms with van der Waals surface area (Å²) < 4.78 is 39.4. The number of nitrogens with zero attached hydrogens (tertiary/aromatic N) is 6. The maximum Gasteiger partial charge on any atom is 0.433 e. The van der Waals surface area contributed by atoms with Gasteiger partial charge in [-0.2, -0.15) is 13.2 Å². The smallest absolute Gasteiger partial charge is 0.334 e. The summed E-state index contributed by atoms with van der Waals surface area (Å²) in [6.07, 6.45) is -1.47. The average Bonchev–Trinajstić information content (AvgIpc) is 3.04. The van der Waals surface area contributed by atoms with Crippen LogP contribution in [0, 0.1) is 6.92 Å². The van der Waals surface area contributed by atoms with E-state index in [2.05, 4.69) is 19.9 Å². The van der Waals surface area contributed by atoms with E-state index in [1.807, 2.05) is 0 Å². The van der Waals surface area contributed by atoms with Crippen molar-refractivity contribution in [3.8, 4) is 11.4 Å². The predicted molar refractivity (Wildman–Crippen MR) is 113 cm³/mol. The van der Waals surface area contributed by atoms with Gasteiger partial charge in [0.2, 0.25) is 0 Å². The van der Waals surface area contributed by atoms with Crippen LogP contribution in [0.15, 0.2) is 42.7 Å². The number of amides is 1. The van der Waals surface area contributed by atoms with Gasteiger partial charge >= 0.3 is 6.18 Å². The zero-order valence-electron chi connectivity index (χ0n) is 17.4. The fourth-order valence-electron chi connectivity index (χ4n) is 3.35. The van der Waals surface area contributed by atoms with Crippen LogP contribution in [-0.2, 0) is 11.0 Å². The van der Waals surface area contributed by atoms with Gasteiger partial charge in [0, 0.05) is 42.1 Å². The van der Waals surface area contributed by atoms with Gasteiger partial charge in [-0.05, 0) is 31.2 Å². The summed E-state index contributed by atoms with van der Waals surface area (Å²) >= 11 is 6.14. The van der Waals surface area contributed by atoms with Gasteiger partial charge in [-0.15, -0.1) is 0 Å². The van der Waals surface area contributed by atoms with E-state index in [-0.39, 0.29) is 43.8 Å². The first-order valence-electron chi connectivity index (χ1n) is 9.92. The molecular weight excluding hydrogens is 461 g/mol. The Morgan fingerprint density at radius 1 is 1.09 bits per heavy atom. The average molecular weight is 479 g/mol. The van der Waals surface area contributed by atoms with Crippen LogP contribution in [0.2, 0.25) is 5.02 Å². The van der Waals surface area contributed by atoms with Crippen LogP contribution >= 0.6 is 11.6 Å². The van der Waals surface area contributed by atoms with Gasteiger partial charge in [0.15, 0.2) is 11.6 Å². The molecule has 1 saturated heterocycles. The highest BCUT2D eigenvalue weighted by Crippen LogP contribution is 2.30. The third-order valence-corrected chi connectivity index (χ3v) is 5.09. The highest BCUT2D eigenvalue weighted by atomic mass is 35.5. The molecule has 0 N–H and O–H groups in total. The molecule has 1 aromatic carbocycles. The number of aromatic nitrogens is 4. The van der Waals surface area contributed by atoms with Gasteiger partial charge in [-0.1, -0.05) is 11.6 Å². The summed E-state index contributed by atoms with van der Waals surface area (Å²) in [7, 11) is 0. The van der Waals surface area contributed by atoms with E-state index >= 15 is 0 Å². The Kier molecular flexibility index (Phi) is 6.43. The van der Waals surface area contributed by atoms with Gasteiger partial charge in [-0.25, -0.2) is 25.0 Å². The van der Waals surface area contributed by atoms with Crippen molar-refractivity contribution in [3.63, 3.8) is 0 Å². The molecule has 3 aromatic rings. The van der Waals surface area contributed by atoms with Crippen LogP contribution < -0.4 is 5.06 Å². The quantitative estimate of drug-likeness (QED) is 0.566. The molecule has 3 heterocycles. The summed E-state index contributed by atoms with van der Waals surface area (Å²) in [4.78, 5) is 36.4. The lowest BCUT2D eigenvalue weighted by atomic mass is 10.1. The summed E-state index contributed by atoms with van der Waals surface area (Å²) in [6.45, 7) is 1.95. The molecule has 172 valence electrons. The lowest BCUT2D eigenvalue weighted by Crippen LogP contribution is -2.36. The van der Waals surface area contributed by atoms with Crippen LogP contribution in [0.4, 0.5) is 19.0 Å². The first kappa shape index (κ1) is 22.9. The van der Waals surface area contributed by atoms with E-state index in [1.165, 1.54) is 16.9 Å². The predicted octanol–water partition coefficient (Wildman–Crippen LogP) is 3.81. The Hall–Kier alpha value is -3.31. The number of carbonyl (C=O) groups is 1. The number of hydroxylamine groups is 1. The van der Waals surface area contributed by atoms with Crippen LogP contribution in [-0.4, -0.2) is 57.0 Å². The van der Waals surface area contributed by atoms with Gasteiger partial charge in [0.05, 0.1) is 18.7 Å². The number of hydrogen-bond acceptors (Lipinski definition) is 7. The van der Waals surface area contributed by atoms with E-state index in [1.54, 1.807) is 36.7 Å². The molecule has 0 bridgehead atoms. The van der Waals surface area contributed by atoms with Crippen molar-refractivity contribution in [2.45, 2.75) is 13.1 Å². The highest BCUT2D eigenvalue weighted by Gasteiger charge is 2.34. The van der Waals surface area contributed by atoms with Crippen LogP contribution in [0.25, 0.3) is 11.4 Å². The van der Waals surface area contributed by atoms with Crippen molar-refractivity contribution in [1.82, 2.24) is 24.8 Å². The van der Waals surface area contributed by atoms with Crippen molar-refractivity contribution >= 4 is 23.3 Å². The molecule has 8 nitrogen and oxygen atoms in total. The normalized spacial score (nSPS) is 14.8. The zero-order chi connectivity index (χ0) is 23.6. The standard InChI is InChI=1S/C21H18ClF3N6O2/c1-13-28-17(21(23,24)25)12-18(29-13)31-8-7-30(9-10-33-31)20(32)16-11-14(22)3-4-15(16)19-26-5-2-6-27-19/h2-6,11-12H,7-10H2,1H3. The summed E-state index contributed by atoms with van der Waals surface area (Å²) in [5, 5.41) is 1.62. The van der Waals surface area contributed by atoms with Crippen molar-refractivity contribution in [2.24, 2.45) is 0 Å². The molecule has 1 aliphatic heterocycles. The molecule has 4 rings (SSSR count). The number of rotatable bonds is 3. The number of benzene rings is 1.